The Bertz CT molecular complexity index is 472. The van der Waals surface area contributed by atoms with Gasteiger partial charge in [-0.1, -0.05) is 19.8 Å². The summed E-state index contributed by atoms with van der Waals surface area (Å²) in [4.78, 5) is 12.1. The number of rotatable bonds is 3. The Kier molecular flexibility index (Phi) is 4.36. The van der Waals surface area contributed by atoms with Crippen molar-refractivity contribution < 1.29 is 9.90 Å². The van der Waals surface area contributed by atoms with Crippen LogP contribution < -0.4 is 5.32 Å². The molecule has 1 amide bonds. The standard InChI is InChI=1S/C14H21BrN2O2/c1-10-4-3-5-14(19,7-10)9-16-13(18)12-6-11(15)8-17(12)2/h6,8,10,19H,3-5,7,9H2,1-2H3,(H,16,18). The monoisotopic (exact) mass is 328 g/mol. The highest BCUT2D eigenvalue weighted by Gasteiger charge is 2.33. The smallest absolute Gasteiger partial charge is 0.268 e. The molecule has 4 nitrogen and oxygen atoms in total. The van der Waals surface area contributed by atoms with E-state index in [1.54, 1.807) is 10.6 Å². The number of carbonyl (C=O) groups is 1. The minimum atomic E-state index is -0.740. The molecule has 0 aromatic carbocycles. The molecule has 19 heavy (non-hydrogen) atoms. The van der Waals surface area contributed by atoms with Gasteiger partial charge in [0.15, 0.2) is 0 Å². The number of amides is 1. The first-order valence-corrected chi connectivity index (χ1v) is 7.51. The zero-order chi connectivity index (χ0) is 14.0. The SMILES string of the molecule is CC1CCCC(O)(CNC(=O)c2cc(Br)cn2C)C1. The highest BCUT2D eigenvalue weighted by atomic mass is 79.9. The van der Waals surface area contributed by atoms with Crippen LogP contribution in [0.2, 0.25) is 0 Å². The molecule has 2 atom stereocenters. The molecule has 0 bridgehead atoms. The van der Waals surface area contributed by atoms with Crippen LogP contribution in [-0.4, -0.2) is 27.7 Å². The van der Waals surface area contributed by atoms with Gasteiger partial charge in [0.05, 0.1) is 5.60 Å². The van der Waals surface area contributed by atoms with E-state index in [9.17, 15) is 9.90 Å². The lowest BCUT2D eigenvalue weighted by Gasteiger charge is -2.35. The number of carbonyl (C=O) groups excluding carboxylic acids is 1. The van der Waals surface area contributed by atoms with E-state index in [1.165, 1.54) is 6.42 Å². The van der Waals surface area contributed by atoms with Gasteiger partial charge >= 0.3 is 0 Å². The number of hydrogen-bond donors (Lipinski definition) is 2. The van der Waals surface area contributed by atoms with Crippen molar-refractivity contribution in [2.75, 3.05) is 6.54 Å². The quantitative estimate of drug-likeness (QED) is 0.895. The molecular weight excluding hydrogens is 308 g/mol. The number of halogens is 1. The highest BCUT2D eigenvalue weighted by molar-refractivity contribution is 9.10. The Morgan fingerprint density at radius 1 is 1.68 bits per heavy atom. The van der Waals surface area contributed by atoms with E-state index in [2.05, 4.69) is 28.2 Å². The van der Waals surface area contributed by atoms with E-state index < -0.39 is 5.60 Å². The van der Waals surface area contributed by atoms with Crippen LogP contribution in [0.4, 0.5) is 0 Å². The summed E-state index contributed by atoms with van der Waals surface area (Å²) in [5.74, 6) is 0.389. The van der Waals surface area contributed by atoms with E-state index in [1.807, 2.05) is 13.2 Å². The molecule has 1 fully saturated rings. The Morgan fingerprint density at radius 3 is 3.00 bits per heavy atom. The summed E-state index contributed by atoms with van der Waals surface area (Å²) in [6.45, 7) is 2.49. The predicted octanol–water partition coefficient (Wildman–Crippen LogP) is 2.46. The largest absolute Gasteiger partial charge is 0.388 e. The maximum Gasteiger partial charge on any atom is 0.268 e. The van der Waals surface area contributed by atoms with E-state index in [-0.39, 0.29) is 5.91 Å². The zero-order valence-corrected chi connectivity index (χ0v) is 13.0. The average molecular weight is 329 g/mol. The molecule has 1 aromatic heterocycles. The fourth-order valence-electron chi connectivity index (χ4n) is 2.88. The normalized spacial score (nSPS) is 27.3. The van der Waals surface area contributed by atoms with Crippen molar-refractivity contribution in [2.45, 2.75) is 38.2 Å². The fraction of sp³-hybridized carbons (Fsp3) is 0.643. The third-order valence-electron chi connectivity index (χ3n) is 3.85. The topological polar surface area (TPSA) is 54.3 Å². The van der Waals surface area contributed by atoms with Gasteiger partial charge in [0.1, 0.15) is 5.69 Å². The molecular formula is C14H21BrN2O2. The Hall–Kier alpha value is -0.810. The second-order valence-corrected chi connectivity index (χ2v) is 6.68. The molecule has 5 heteroatoms. The molecule has 0 radical (unpaired) electrons. The second kappa shape index (κ2) is 5.67. The molecule has 1 aliphatic carbocycles. The summed E-state index contributed by atoms with van der Waals surface area (Å²) in [5, 5.41) is 13.3. The molecule has 0 saturated heterocycles. The average Bonchev–Trinajstić information content (AvgIpc) is 2.65. The van der Waals surface area contributed by atoms with Crippen molar-refractivity contribution in [1.29, 1.82) is 0 Å². The van der Waals surface area contributed by atoms with Gasteiger partial charge in [-0.25, -0.2) is 0 Å². The minimum Gasteiger partial charge on any atom is -0.388 e. The number of aryl methyl sites for hydroxylation is 1. The van der Waals surface area contributed by atoms with Gasteiger partial charge in [0, 0.05) is 24.3 Å². The van der Waals surface area contributed by atoms with Crippen molar-refractivity contribution in [3.63, 3.8) is 0 Å². The number of nitrogens with zero attached hydrogens (tertiary/aromatic N) is 1. The fourth-order valence-corrected chi connectivity index (χ4v) is 3.40. The second-order valence-electron chi connectivity index (χ2n) is 5.76. The van der Waals surface area contributed by atoms with E-state index in [0.29, 0.717) is 18.2 Å². The van der Waals surface area contributed by atoms with Crippen molar-refractivity contribution in [2.24, 2.45) is 13.0 Å². The molecule has 2 rings (SSSR count). The van der Waals surface area contributed by atoms with Crippen LogP contribution in [0.1, 0.15) is 43.1 Å². The van der Waals surface area contributed by atoms with Crippen LogP contribution in [0.3, 0.4) is 0 Å². The van der Waals surface area contributed by atoms with Crippen molar-refractivity contribution in [3.05, 3.63) is 22.4 Å². The molecule has 1 heterocycles. The summed E-state index contributed by atoms with van der Waals surface area (Å²) >= 11 is 3.35. The number of aromatic nitrogens is 1. The third kappa shape index (κ3) is 3.60. The molecule has 2 unspecified atom stereocenters. The van der Waals surface area contributed by atoms with E-state index in [4.69, 9.17) is 0 Å². The molecule has 1 aromatic rings. The van der Waals surface area contributed by atoms with Crippen LogP contribution in [0, 0.1) is 5.92 Å². The van der Waals surface area contributed by atoms with E-state index in [0.717, 1.165) is 23.7 Å². The summed E-state index contributed by atoms with van der Waals surface area (Å²) in [7, 11) is 1.83. The van der Waals surface area contributed by atoms with Crippen molar-refractivity contribution in [1.82, 2.24) is 9.88 Å². The highest BCUT2D eigenvalue weighted by Crippen LogP contribution is 2.31. The zero-order valence-electron chi connectivity index (χ0n) is 11.4. The summed E-state index contributed by atoms with van der Waals surface area (Å²) in [6, 6.07) is 1.78. The van der Waals surface area contributed by atoms with Gasteiger partial charge in [-0.05, 0) is 40.8 Å². The van der Waals surface area contributed by atoms with Gasteiger partial charge in [-0.2, -0.15) is 0 Å². The maximum absolute atomic E-state index is 12.1. The summed E-state index contributed by atoms with van der Waals surface area (Å²) < 4.78 is 2.65. The maximum atomic E-state index is 12.1. The first-order chi connectivity index (χ1) is 8.89. The molecule has 1 saturated carbocycles. The summed E-state index contributed by atoms with van der Waals surface area (Å²) in [6.07, 6.45) is 5.58. The molecule has 0 aliphatic heterocycles. The van der Waals surface area contributed by atoms with Gasteiger partial charge in [-0.3, -0.25) is 4.79 Å². The Morgan fingerprint density at radius 2 is 2.42 bits per heavy atom. The summed E-state index contributed by atoms with van der Waals surface area (Å²) in [5.41, 5.74) is -0.144. The van der Waals surface area contributed by atoms with Gasteiger partial charge in [-0.15, -0.1) is 0 Å². The Labute approximate surface area is 122 Å². The van der Waals surface area contributed by atoms with Crippen LogP contribution >= 0.6 is 15.9 Å². The molecule has 106 valence electrons. The lowest BCUT2D eigenvalue weighted by molar-refractivity contribution is -0.0110. The van der Waals surface area contributed by atoms with Crippen LogP contribution in [-0.2, 0) is 7.05 Å². The lowest BCUT2D eigenvalue weighted by atomic mass is 9.79. The minimum absolute atomic E-state index is 0.139. The molecule has 0 spiro atoms. The third-order valence-corrected chi connectivity index (χ3v) is 4.28. The number of nitrogens with one attached hydrogen (secondary N) is 1. The first-order valence-electron chi connectivity index (χ1n) is 6.72. The van der Waals surface area contributed by atoms with Gasteiger partial charge < -0.3 is 15.0 Å². The Balaban J connectivity index is 1.95. The lowest BCUT2D eigenvalue weighted by Crippen LogP contribution is -2.46. The van der Waals surface area contributed by atoms with E-state index >= 15 is 0 Å². The van der Waals surface area contributed by atoms with Gasteiger partial charge in [0.25, 0.3) is 5.91 Å². The van der Waals surface area contributed by atoms with Gasteiger partial charge in [0.2, 0.25) is 0 Å². The van der Waals surface area contributed by atoms with Crippen LogP contribution in [0.15, 0.2) is 16.7 Å². The number of aliphatic hydroxyl groups is 1. The van der Waals surface area contributed by atoms with Crippen LogP contribution in [0.5, 0.6) is 0 Å². The number of hydrogen-bond acceptors (Lipinski definition) is 2. The molecule has 1 aliphatic rings. The van der Waals surface area contributed by atoms with Crippen molar-refractivity contribution >= 4 is 21.8 Å². The van der Waals surface area contributed by atoms with Crippen molar-refractivity contribution in [3.8, 4) is 0 Å². The molecule has 2 N–H and O–H groups in total. The van der Waals surface area contributed by atoms with Crippen LogP contribution in [0.25, 0.3) is 0 Å². The first kappa shape index (κ1) is 14.6. The predicted molar refractivity (Wildman–Crippen MR) is 78.0 cm³/mol.